The molecule has 0 N–H and O–H groups in total. The number of aliphatic imine (C=N–C) groups is 1. The SMILES string of the molecule is [C]1=Cc2cc3c(cc2=N1)N=[C]C=3. The van der Waals surface area contributed by atoms with Crippen LogP contribution in [0.2, 0.25) is 0 Å². The summed E-state index contributed by atoms with van der Waals surface area (Å²) in [7, 11) is 0. The highest BCUT2D eigenvalue weighted by molar-refractivity contribution is 5.97. The summed E-state index contributed by atoms with van der Waals surface area (Å²) >= 11 is 0. The van der Waals surface area contributed by atoms with E-state index in [4.69, 9.17) is 0 Å². The third-order valence-corrected chi connectivity index (χ3v) is 1.99. The molecule has 2 heterocycles. The normalized spacial score (nSPS) is 15.3. The summed E-state index contributed by atoms with van der Waals surface area (Å²) in [5.41, 5.74) is 2.07. The number of hydrogen-bond donors (Lipinski definition) is 0. The van der Waals surface area contributed by atoms with Gasteiger partial charge >= 0.3 is 0 Å². The Hall–Kier alpha value is -1.70. The lowest BCUT2D eigenvalue weighted by Gasteiger charge is -1.92. The van der Waals surface area contributed by atoms with Gasteiger partial charge in [-0.05, 0) is 24.3 Å². The minimum Gasteiger partial charge on any atom is -0.246 e. The third-order valence-electron chi connectivity index (χ3n) is 1.99. The Bertz CT molecular complexity index is 472. The minimum atomic E-state index is 0.953. The molecule has 0 atom stereocenters. The van der Waals surface area contributed by atoms with Crippen molar-refractivity contribution < 1.29 is 0 Å². The van der Waals surface area contributed by atoms with Gasteiger partial charge in [-0.1, -0.05) is 0 Å². The number of benzene rings is 1. The molecule has 0 aliphatic carbocycles. The fraction of sp³-hybridized carbons (Fsp3) is 0. The fourth-order valence-corrected chi connectivity index (χ4v) is 1.38. The first-order valence-electron chi connectivity index (χ1n) is 3.70. The molecule has 3 rings (SSSR count). The first-order chi connectivity index (χ1) is 5.93. The van der Waals surface area contributed by atoms with Crippen LogP contribution in [0.5, 0.6) is 0 Å². The predicted octanol–water partition coefficient (Wildman–Crippen LogP) is 0.467. The molecule has 12 heavy (non-hydrogen) atoms. The summed E-state index contributed by atoms with van der Waals surface area (Å²) < 4.78 is 0. The zero-order chi connectivity index (χ0) is 7.97. The average molecular weight is 152 g/mol. The second-order valence-corrected chi connectivity index (χ2v) is 2.74. The summed E-state index contributed by atoms with van der Waals surface area (Å²) in [6.07, 6.45) is 9.38. The maximum absolute atomic E-state index is 4.07. The van der Waals surface area contributed by atoms with Gasteiger partial charge in [0.05, 0.1) is 23.5 Å². The van der Waals surface area contributed by atoms with Gasteiger partial charge in [0.15, 0.2) is 0 Å². The maximum Gasteiger partial charge on any atom is 0.0900 e. The van der Waals surface area contributed by atoms with Crippen LogP contribution in [-0.4, -0.2) is 6.21 Å². The first-order valence-corrected chi connectivity index (χ1v) is 3.70. The molecule has 2 heteroatoms. The Kier molecular flexibility index (Phi) is 0.939. The van der Waals surface area contributed by atoms with Gasteiger partial charge < -0.3 is 0 Å². The molecule has 0 saturated heterocycles. The Morgan fingerprint density at radius 3 is 3.25 bits per heavy atom. The Labute approximate surface area is 69.3 Å². The minimum absolute atomic E-state index is 0.953. The second-order valence-electron chi connectivity index (χ2n) is 2.74. The van der Waals surface area contributed by atoms with Crippen LogP contribution in [0.25, 0.3) is 12.2 Å². The first kappa shape index (κ1) is 5.89. The van der Waals surface area contributed by atoms with Crippen LogP contribution in [0.1, 0.15) is 5.56 Å². The van der Waals surface area contributed by atoms with Gasteiger partial charge in [-0.2, -0.15) is 0 Å². The molecule has 0 saturated carbocycles. The zero-order valence-electron chi connectivity index (χ0n) is 6.20. The van der Waals surface area contributed by atoms with Crippen LogP contribution in [0, 0.1) is 6.20 Å². The summed E-state index contributed by atoms with van der Waals surface area (Å²) in [6.45, 7) is 0. The lowest BCUT2D eigenvalue weighted by atomic mass is 10.1. The van der Waals surface area contributed by atoms with E-state index in [1.54, 1.807) is 0 Å². The van der Waals surface area contributed by atoms with Gasteiger partial charge in [0, 0.05) is 10.8 Å². The summed E-state index contributed by atoms with van der Waals surface area (Å²) in [6, 6.07) is 4.01. The fourth-order valence-electron chi connectivity index (χ4n) is 1.38. The van der Waals surface area contributed by atoms with E-state index < -0.39 is 0 Å². The van der Waals surface area contributed by atoms with E-state index in [9.17, 15) is 0 Å². The van der Waals surface area contributed by atoms with Crippen LogP contribution < -0.4 is 10.6 Å². The van der Waals surface area contributed by atoms with Crippen LogP contribution in [-0.2, 0) is 0 Å². The molecule has 1 aromatic rings. The Morgan fingerprint density at radius 2 is 2.25 bits per heavy atom. The summed E-state index contributed by atoms with van der Waals surface area (Å²) in [4.78, 5) is 8.14. The van der Waals surface area contributed by atoms with E-state index in [0.29, 0.717) is 0 Å². The molecule has 2 nitrogen and oxygen atoms in total. The van der Waals surface area contributed by atoms with Crippen LogP contribution >= 0.6 is 0 Å². The molecule has 0 bridgehead atoms. The van der Waals surface area contributed by atoms with Crippen molar-refractivity contribution in [1.82, 2.24) is 0 Å². The number of rotatable bonds is 0. The summed E-state index contributed by atoms with van der Waals surface area (Å²) in [5.74, 6) is 0. The molecular formula is C10H4N2. The van der Waals surface area contributed by atoms with Gasteiger partial charge in [0.1, 0.15) is 0 Å². The topological polar surface area (TPSA) is 24.7 Å². The highest BCUT2D eigenvalue weighted by atomic mass is 14.7. The van der Waals surface area contributed by atoms with E-state index >= 15 is 0 Å². The van der Waals surface area contributed by atoms with E-state index in [-0.39, 0.29) is 0 Å². The van der Waals surface area contributed by atoms with E-state index in [2.05, 4.69) is 28.5 Å². The zero-order valence-corrected chi connectivity index (χ0v) is 6.20. The van der Waals surface area contributed by atoms with Crippen LogP contribution in [0.4, 0.5) is 5.69 Å². The van der Waals surface area contributed by atoms with E-state index in [1.165, 1.54) is 0 Å². The molecule has 54 valence electrons. The van der Waals surface area contributed by atoms with E-state index in [1.807, 2.05) is 18.2 Å². The van der Waals surface area contributed by atoms with Crippen molar-refractivity contribution in [2.75, 3.05) is 0 Å². The van der Waals surface area contributed by atoms with E-state index in [0.717, 1.165) is 21.8 Å². The van der Waals surface area contributed by atoms with Crippen LogP contribution in [0.3, 0.4) is 0 Å². The van der Waals surface area contributed by atoms with Gasteiger partial charge in [0.2, 0.25) is 0 Å². The largest absolute Gasteiger partial charge is 0.246 e. The molecule has 1 aromatic carbocycles. The van der Waals surface area contributed by atoms with Crippen molar-refractivity contribution in [3.8, 4) is 0 Å². The molecule has 2 aliphatic rings. The molecule has 0 amide bonds. The quantitative estimate of drug-likeness (QED) is 0.516. The predicted molar refractivity (Wildman–Crippen MR) is 46.5 cm³/mol. The van der Waals surface area contributed by atoms with Crippen molar-refractivity contribution in [3.63, 3.8) is 0 Å². The van der Waals surface area contributed by atoms with Gasteiger partial charge in [-0.3, -0.25) is 0 Å². The lowest BCUT2D eigenvalue weighted by Crippen LogP contribution is -2.09. The monoisotopic (exact) mass is 152 g/mol. The second kappa shape index (κ2) is 1.91. The third kappa shape index (κ3) is 0.639. The van der Waals surface area contributed by atoms with Crippen molar-refractivity contribution in [1.29, 1.82) is 0 Å². The Morgan fingerprint density at radius 1 is 1.25 bits per heavy atom. The molecule has 0 aromatic heterocycles. The maximum atomic E-state index is 4.07. The smallest absolute Gasteiger partial charge is 0.0900 e. The molecule has 0 unspecified atom stereocenters. The Balaban J connectivity index is 2.50. The van der Waals surface area contributed by atoms with Gasteiger partial charge in [-0.15, -0.1) is 0 Å². The molecule has 2 aliphatic heterocycles. The van der Waals surface area contributed by atoms with Gasteiger partial charge in [0.25, 0.3) is 0 Å². The average Bonchev–Trinajstić information content (AvgIpc) is 2.64. The summed E-state index contributed by atoms with van der Waals surface area (Å²) in [5, 5.41) is 2.07. The molecule has 0 spiro atoms. The van der Waals surface area contributed by atoms with Crippen molar-refractivity contribution in [2.24, 2.45) is 9.98 Å². The number of nitrogens with zero attached hydrogens (tertiary/aromatic N) is 2. The van der Waals surface area contributed by atoms with Gasteiger partial charge in [-0.25, -0.2) is 9.98 Å². The van der Waals surface area contributed by atoms with Crippen molar-refractivity contribution in [3.05, 3.63) is 34.5 Å². The van der Waals surface area contributed by atoms with Crippen molar-refractivity contribution >= 4 is 24.1 Å². The highest BCUT2D eigenvalue weighted by Gasteiger charge is 2.04. The molecular weight excluding hydrogens is 148 g/mol. The molecule has 2 radical (unpaired) electrons. The highest BCUT2D eigenvalue weighted by Crippen LogP contribution is 2.08. The standard InChI is InChI=1S/C10H4N2/c1-3-11-9-6-10-8(2-4-12-10)5-7(1)9/h1-2,5-6H. The number of fused-ring (bicyclic) bond motifs is 2. The lowest BCUT2D eigenvalue weighted by molar-refractivity contribution is 1.34. The van der Waals surface area contributed by atoms with Crippen molar-refractivity contribution in [2.45, 2.75) is 0 Å². The molecule has 0 fully saturated rings. The van der Waals surface area contributed by atoms with Crippen LogP contribution in [0.15, 0.2) is 22.1 Å². The number of hydrogen-bond acceptors (Lipinski definition) is 2.